The van der Waals surface area contributed by atoms with Gasteiger partial charge in [-0.1, -0.05) is 29.8 Å². The highest BCUT2D eigenvalue weighted by atomic mass is 35.5. The lowest BCUT2D eigenvalue weighted by Gasteiger charge is -2.13. The molecule has 0 bridgehead atoms. The van der Waals surface area contributed by atoms with Crippen molar-refractivity contribution in [3.05, 3.63) is 53.4 Å². The van der Waals surface area contributed by atoms with Crippen molar-refractivity contribution < 1.29 is 9.13 Å². The second-order valence-electron chi connectivity index (χ2n) is 4.45. The van der Waals surface area contributed by atoms with Crippen LogP contribution in [0.5, 0.6) is 11.5 Å². The Bertz CT molecular complexity index is 833. The molecule has 0 spiro atoms. The molecule has 0 unspecified atom stereocenters. The topological polar surface area (TPSA) is 74.2 Å². The molecule has 4 nitrogen and oxygen atoms in total. The summed E-state index contributed by atoms with van der Waals surface area (Å²) in [5.74, 6) is -0.561. The van der Waals surface area contributed by atoms with Gasteiger partial charge in [-0.25, -0.2) is 4.39 Å². The van der Waals surface area contributed by atoms with Gasteiger partial charge in [0.1, 0.15) is 10.5 Å². The molecule has 0 aliphatic heterocycles. The quantitative estimate of drug-likeness (QED) is 0.702. The van der Waals surface area contributed by atoms with Crippen LogP contribution in [0.4, 0.5) is 15.8 Å². The summed E-state index contributed by atoms with van der Waals surface area (Å²) in [5, 5.41) is 0.655. The van der Waals surface area contributed by atoms with Crippen LogP contribution in [-0.2, 0) is 0 Å². The summed E-state index contributed by atoms with van der Waals surface area (Å²) in [6.07, 6.45) is 1.63. The van der Waals surface area contributed by atoms with Crippen LogP contribution >= 0.6 is 11.6 Å². The standard InChI is InChI=1S/C15H11ClFN3O/c16-12-9(18)7-10(19)15(13(12)17)21-11-5-1-3-8-4-2-6-20-14(8)11/h1-7H,18-19H2. The minimum absolute atomic E-state index is 0.0649. The lowest BCUT2D eigenvalue weighted by atomic mass is 10.2. The summed E-state index contributed by atoms with van der Waals surface area (Å²) in [7, 11) is 0. The van der Waals surface area contributed by atoms with Crippen LogP contribution in [0, 0.1) is 5.82 Å². The third-order valence-corrected chi connectivity index (χ3v) is 3.41. The SMILES string of the molecule is Nc1cc(N)c(Oc2cccc3cccnc23)c(F)c1Cl. The molecule has 3 aromatic rings. The van der Waals surface area contributed by atoms with E-state index in [1.54, 1.807) is 24.4 Å². The molecule has 4 N–H and O–H groups in total. The number of nitrogens with two attached hydrogens (primary N) is 2. The first-order chi connectivity index (χ1) is 10.1. The Labute approximate surface area is 125 Å². The van der Waals surface area contributed by atoms with E-state index in [2.05, 4.69) is 4.98 Å². The molecule has 0 amide bonds. The van der Waals surface area contributed by atoms with E-state index >= 15 is 0 Å². The zero-order chi connectivity index (χ0) is 15.0. The third kappa shape index (κ3) is 2.32. The molecule has 1 aromatic heterocycles. The van der Waals surface area contributed by atoms with E-state index in [0.29, 0.717) is 11.3 Å². The van der Waals surface area contributed by atoms with Crippen molar-refractivity contribution in [2.45, 2.75) is 0 Å². The van der Waals surface area contributed by atoms with Crippen LogP contribution in [0.2, 0.25) is 5.02 Å². The highest BCUT2D eigenvalue weighted by molar-refractivity contribution is 6.33. The van der Waals surface area contributed by atoms with Gasteiger partial charge in [0, 0.05) is 11.6 Å². The second kappa shape index (κ2) is 5.10. The predicted octanol–water partition coefficient (Wildman–Crippen LogP) is 3.98. The molecular formula is C15H11ClFN3O. The number of benzene rings is 2. The van der Waals surface area contributed by atoms with Gasteiger partial charge in [-0.15, -0.1) is 0 Å². The maximum atomic E-state index is 14.2. The number of nitrogens with zero attached hydrogens (tertiary/aromatic N) is 1. The zero-order valence-corrected chi connectivity index (χ0v) is 11.6. The highest BCUT2D eigenvalue weighted by Crippen LogP contribution is 2.39. The summed E-state index contributed by atoms with van der Waals surface area (Å²) in [5.41, 5.74) is 12.1. The molecule has 0 aliphatic rings. The largest absolute Gasteiger partial charge is 0.450 e. The summed E-state index contributed by atoms with van der Waals surface area (Å²) >= 11 is 5.79. The molecule has 0 saturated carbocycles. The number of rotatable bonds is 2. The molecule has 0 fully saturated rings. The summed E-state index contributed by atoms with van der Waals surface area (Å²) < 4.78 is 19.8. The average molecular weight is 304 g/mol. The van der Waals surface area contributed by atoms with Crippen LogP contribution < -0.4 is 16.2 Å². The molecule has 21 heavy (non-hydrogen) atoms. The highest BCUT2D eigenvalue weighted by Gasteiger charge is 2.17. The van der Waals surface area contributed by atoms with Gasteiger partial charge in [0.05, 0.1) is 11.4 Å². The van der Waals surface area contributed by atoms with Gasteiger partial charge in [0.15, 0.2) is 17.3 Å². The van der Waals surface area contributed by atoms with Crippen molar-refractivity contribution in [3.63, 3.8) is 0 Å². The molecule has 0 radical (unpaired) electrons. The fraction of sp³-hybridized carbons (Fsp3) is 0. The smallest absolute Gasteiger partial charge is 0.188 e. The monoisotopic (exact) mass is 303 g/mol. The van der Waals surface area contributed by atoms with Crippen molar-refractivity contribution in [1.29, 1.82) is 0 Å². The number of nitrogen functional groups attached to an aromatic ring is 2. The lowest BCUT2D eigenvalue weighted by Crippen LogP contribution is -2.00. The molecule has 1 heterocycles. The molecule has 0 atom stereocenters. The number of fused-ring (bicyclic) bond motifs is 1. The Kier molecular flexibility index (Phi) is 3.27. The number of anilines is 2. The molecule has 2 aromatic carbocycles. The molecule has 106 valence electrons. The Balaban J connectivity index is 2.14. The minimum Gasteiger partial charge on any atom is -0.450 e. The Morgan fingerprint density at radius 1 is 1.10 bits per heavy atom. The van der Waals surface area contributed by atoms with E-state index in [4.69, 9.17) is 27.8 Å². The summed E-state index contributed by atoms with van der Waals surface area (Å²) in [6, 6.07) is 10.4. The lowest BCUT2D eigenvalue weighted by molar-refractivity contribution is 0.448. The van der Waals surface area contributed by atoms with Gasteiger partial charge in [-0.2, -0.15) is 0 Å². The number of pyridine rings is 1. The maximum absolute atomic E-state index is 14.2. The summed E-state index contributed by atoms with van der Waals surface area (Å²) in [4.78, 5) is 4.23. The summed E-state index contributed by atoms with van der Waals surface area (Å²) in [6.45, 7) is 0. The molecular weight excluding hydrogens is 293 g/mol. The molecule has 0 saturated heterocycles. The number of halogens is 2. The number of hydrogen-bond acceptors (Lipinski definition) is 4. The first-order valence-corrected chi connectivity index (χ1v) is 6.50. The average Bonchev–Trinajstić information content (AvgIpc) is 2.49. The van der Waals surface area contributed by atoms with Crippen LogP contribution in [0.3, 0.4) is 0 Å². The fourth-order valence-electron chi connectivity index (χ4n) is 2.02. The first-order valence-electron chi connectivity index (χ1n) is 6.12. The second-order valence-corrected chi connectivity index (χ2v) is 4.82. The number of ether oxygens (including phenoxy) is 1. The molecule has 6 heteroatoms. The predicted molar refractivity (Wildman–Crippen MR) is 82.1 cm³/mol. The van der Waals surface area contributed by atoms with Gasteiger partial charge in [-0.3, -0.25) is 4.98 Å². The van der Waals surface area contributed by atoms with Crippen LogP contribution in [0.1, 0.15) is 0 Å². The van der Waals surface area contributed by atoms with E-state index in [9.17, 15) is 4.39 Å². The van der Waals surface area contributed by atoms with Crippen molar-refractivity contribution >= 4 is 33.9 Å². The minimum atomic E-state index is -0.790. The van der Waals surface area contributed by atoms with E-state index in [1.165, 1.54) is 6.07 Å². The molecule has 3 rings (SSSR count). The van der Waals surface area contributed by atoms with E-state index in [0.717, 1.165) is 5.39 Å². The van der Waals surface area contributed by atoms with Crippen molar-refractivity contribution in [2.24, 2.45) is 0 Å². The van der Waals surface area contributed by atoms with Gasteiger partial charge < -0.3 is 16.2 Å². The van der Waals surface area contributed by atoms with E-state index in [-0.39, 0.29) is 22.1 Å². The zero-order valence-electron chi connectivity index (χ0n) is 10.8. The third-order valence-electron chi connectivity index (χ3n) is 3.03. The van der Waals surface area contributed by atoms with Crippen molar-refractivity contribution in [1.82, 2.24) is 4.98 Å². The van der Waals surface area contributed by atoms with Crippen LogP contribution in [-0.4, -0.2) is 4.98 Å². The van der Waals surface area contributed by atoms with Gasteiger partial charge in [0.2, 0.25) is 0 Å². The van der Waals surface area contributed by atoms with Gasteiger partial charge in [-0.05, 0) is 18.2 Å². The van der Waals surface area contributed by atoms with Crippen LogP contribution in [0.25, 0.3) is 10.9 Å². The maximum Gasteiger partial charge on any atom is 0.188 e. The normalized spacial score (nSPS) is 10.8. The van der Waals surface area contributed by atoms with Crippen molar-refractivity contribution in [3.8, 4) is 11.5 Å². The Morgan fingerprint density at radius 3 is 2.67 bits per heavy atom. The van der Waals surface area contributed by atoms with Gasteiger partial charge in [0.25, 0.3) is 0 Å². The molecule has 0 aliphatic carbocycles. The van der Waals surface area contributed by atoms with Gasteiger partial charge >= 0.3 is 0 Å². The number of para-hydroxylation sites is 1. The number of aromatic nitrogens is 1. The van der Waals surface area contributed by atoms with E-state index < -0.39 is 5.82 Å². The van der Waals surface area contributed by atoms with E-state index in [1.807, 2.05) is 12.1 Å². The fourth-order valence-corrected chi connectivity index (χ4v) is 2.16. The van der Waals surface area contributed by atoms with Crippen molar-refractivity contribution in [2.75, 3.05) is 11.5 Å². The van der Waals surface area contributed by atoms with Crippen LogP contribution in [0.15, 0.2) is 42.6 Å². The Hall–Kier alpha value is -2.53. The Morgan fingerprint density at radius 2 is 1.86 bits per heavy atom. The first kappa shape index (κ1) is 13.5. The number of hydrogen-bond donors (Lipinski definition) is 2.